The van der Waals surface area contributed by atoms with Gasteiger partial charge in [-0.2, -0.15) is 0 Å². The minimum absolute atomic E-state index is 0.184. The summed E-state index contributed by atoms with van der Waals surface area (Å²) in [5, 5.41) is 0. The Morgan fingerprint density at radius 1 is 1.56 bits per heavy atom. The molecule has 18 heavy (non-hydrogen) atoms. The molecule has 7 heteroatoms. The molecule has 0 unspecified atom stereocenters. The molecule has 98 valence electrons. The SMILES string of the molecule is CC(=O)OC[C@@H]1CC[C@H](n2ccc(=O)[nH]c2=O)O1. The summed E-state index contributed by atoms with van der Waals surface area (Å²) in [6, 6.07) is 1.27. The fraction of sp³-hybridized carbons (Fsp3) is 0.545. The van der Waals surface area contributed by atoms with E-state index in [0.29, 0.717) is 12.8 Å². The van der Waals surface area contributed by atoms with Gasteiger partial charge in [-0.3, -0.25) is 19.1 Å². The second-order valence-electron chi connectivity index (χ2n) is 4.11. The van der Waals surface area contributed by atoms with Crippen LogP contribution in [0.4, 0.5) is 0 Å². The van der Waals surface area contributed by atoms with Crippen molar-refractivity contribution in [1.29, 1.82) is 0 Å². The van der Waals surface area contributed by atoms with Gasteiger partial charge >= 0.3 is 11.7 Å². The molecule has 1 aliphatic rings. The molecule has 0 bridgehead atoms. The summed E-state index contributed by atoms with van der Waals surface area (Å²) in [6.45, 7) is 1.52. The van der Waals surface area contributed by atoms with Crippen molar-refractivity contribution in [2.24, 2.45) is 0 Å². The number of hydrogen-bond acceptors (Lipinski definition) is 5. The fourth-order valence-corrected chi connectivity index (χ4v) is 1.88. The van der Waals surface area contributed by atoms with Crippen LogP contribution >= 0.6 is 0 Å². The van der Waals surface area contributed by atoms with Crippen LogP contribution in [0.15, 0.2) is 21.9 Å². The molecular formula is C11H14N2O5. The monoisotopic (exact) mass is 254 g/mol. The first-order valence-corrected chi connectivity index (χ1v) is 5.66. The van der Waals surface area contributed by atoms with Crippen molar-refractivity contribution in [1.82, 2.24) is 9.55 Å². The lowest BCUT2D eigenvalue weighted by molar-refractivity contribution is -0.145. The van der Waals surface area contributed by atoms with Gasteiger partial charge in [-0.15, -0.1) is 0 Å². The summed E-state index contributed by atoms with van der Waals surface area (Å²) in [4.78, 5) is 35.3. The zero-order valence-corrected chi connectivity index (χ0v) is 9.92. The number of aromatic amines is 1. The largest absolute Gasteiger partial charge is 0.463 e. The molecule has 0 saturated carbocycles. The summed E-state index contributed by atoms with van der Waals surface area (Å²) >= 11 is 0. The van der Waals surface area contributed by atoms with E-state index in [1.54, 1.807) is 0 Å². The van der Waals surface area contributed by atoms with E-state index in [-0.39, 0.29) is 18.7 Å². The number of nitrogens with zero attached hydrogens (tertiary/aromatic N) is 1. The van der Waals surface area contributed by atoms with Crippen LogP contribution in [0.25, 0.3) is 0 Å². The van der Waals surface area contributed by atoms with Crippen molar-refractivity contribution in [2.75, 3.05) is 6.61 Å². The molecule has 1 N–H and O–H groups in total. The molecule has 0 spiro atoms. The minimum Gasteiger partial charge on any atom is -0.463 e. The number of nitrogens with one attached hydrogen (secondary N) is 1. The molecule has 1 saturated heterocycles. The molecule has 1 aromatic heterocycles. The van der Waals surface area contributed by atoms with E-state index in [4.69, 9.17) is 9.47 Å². The molecule has 1 aromatic rings. The maximum Gasteiger partial charge on any atom is 0.330 e. The first-order valence-electron chi connectivity index (χ1n) is 5.66. The summed E-state index contributed by atoms with van der Waals surface area (Å²) < 4.78 is 11.8. The summed E-state index contributed by atoms with van der Waals surface area (Å²) in [6.07, 6.45) is 2.11. The fourth-order valence-electron chi connectivity index (χ4n) is 1.88. The molecular weight excluding hydrogens is 240 g/mol. The van der Waals surface area contributed by atoms with E-state index in [0.717, 1.165) is 0 Å². The number of hydrogen-bond donors (Lipinski definition) is 1. The van der Waals surface area contributed by atoms with Gasteiger partial charge in [-0.05, 0) is 12.8 Å². The van der Waals surface area contributed by atoms with Crippen LogP contribution < -0.4 is 11.2 Å². The number of rotatable bonds is 3. The highest BCUT2D eigenvalue weighted by atomic mass is 16.6. The van der Waals surface area contributed by atoms with E-state index in [9.17, 15) is 14.4 Å². The Hall–Kier alpha value is -1.89. The lowest BCUT2D eigenvalue weighted by Crippen LogP contribution is -2.31. The third kappa shape index (κ3) is 2.86. The van der Waals surface area contributed by atoms with Crippen molar-refractivity contribution >= 4 is 5.97 Å². The number of carbonyl (C=O) groups excluding carboxylic acids is 1. The first kappa shape index (κ1) is 12.6. The smallest absolute Gasteiger partial charge is 0.330 e. The van der Waals surface area contributed by atoms with Crippen LogP contribution in [0.5, 0.6) is 0 Å². The van der Waals surface area contributed by atoms with Gasteiger partial charge < -0.3 is 9.47 Å². The Morgan fingerprint density at radius 3 is 3.00 bits per heavy atom. The van der Waals surface area contributed by atoms with Gasteiger partial charge in [0.15, 0.2) is 0 Å². The second-order valence-corrected chi connectivity index (χ2v) is 4.11. The molecule has 0 amide bonds. The third-order valence-electron chi connectivity index (χ3n) is 2.72. The topological polar surface area (TPSA) is 90.4 Å². The lowest BCUT2D eigenvalue weighted by atomic mass is 10.2. The molecule has 2 atom stereocenters. The van der Waals surface area contributed by atoms with Gasteiger partial charge in [0, 0.05) is 19.2 Å². The van der Waals surface area contributed by atoms with E-state index >= 15 is 0 Å². The average molecular weight is 254 g/mol. The minimum atomic E-state index is -0.499. The predicted octanol–water partition coefficient (Wildman–Crippen LogP) is -0.223. The lowest BCUT2D eigenvalue weighted by Gasteiger charge is -2.15. The van der Waals surface area contributed by atoms with E-state index in [2.05, 4.69) is 4.98 Å². The summed E-state index contributed by atoms with van der Waals surface area (Å²) in [5.74, 6) is -0.358. The Kier molecular flexibility index (Phi) is 3.61. The number of ether oxygens (including phenoxy) is 2. The molecule has 7 nitrogen and oxygen atoms in total. The van der Waals surface area contributed by atoms with E-state index in [1.807, 2.05) is 0 Å². The Balaban J connectivity index is 2.02. The zero-order valence-electron chi connectivity index (χ0n) is 9.92. The highest BCUT2D eigenvalue weighted by Gasteiger charge is 2.27. The number of carbonyl (C=O) groups is 1. The molecule has 0 radical (unpaired) electrons. The Morgan fingerprint density at radius 2 is 2.33 bits per heavy atom. The number of H-pyrrole nitrogens is 1. The molecule has 2 rings (SSSR count). The maximum absolute atomic E-state index is 11.5. The third-order valence-corrected chi connectivity index (χ3v) is 2.72. The van der Waals surface area contributed by atoms with Gasteiger partial charge in [0.05, 0.1) is 6.10 Å². The normalized spacial score (nSPS) is 22.9. The first-order chi connectivity index (χ1) is 8.56. The molecule has 1 fully saturated rings. The standard InChI is InChI=1S/C11H14N2O5/c1-7(14)17-6-8-2-3-10(18-8)13-5-4-9(15)12-11(13)16/h4-5,8,10H,2-3,6H2,1H3,(H,12,15,16)/t8-,10+/m0/s1. The van der Waals surface area contributed by atoms with Crippen molar-refractivity contribution < 1.29 is 14.3 Å². The van der Waals surface area contributed by atoms with Crippen LogP contribution in [0.1, 0.15) is 26.0 Å². The van der Waals surface area contributed by atoms with Gasteiger partial charge in [0.25, 0.3) is 5.56 Å². The van der Waals surface area contributed by atoms with Gasteiger partial charge in [0.1, 0.15) is 12.8 Å². The maximum atomic E-state index is 11.5. The van der Waals surface area contributed by atoms with E-state index in [1.165, 1.54) is 23.8 Å². The molecule has 0 aliphatic carbocycles. The molecule has 0 aromatic carbocycles. The van der Waals surface area contributed by atoms with Crippen LogP contribution in [-0.2, 0) is 14.3 Å². The number of esters is 1. The summed E-state index contributed by atoms with van der Waals surface area (Å²) in [7, 11) is 0. The number of aromatic nitrogens is 2. The second kappa shape index (κ2) is 5.18. The quantitative estimate of drug-likeness (QED) is 0.753. The Labute approximate surface area is 102 Å². The van der Waals surface area contributed by atoms with Crippen LogP contribution in [0, 0.1) is 0 Å². The zero-order chi connectivity index (χ0) is 13.1. The predicted molar refractivity (Wildman–Crippen MR) is 61.1 cm³/mol. The highest BCUT2D eigenvalue weighted by Crippen LogP contribution is 2.26. The van der Waals surface area contributed by atoms with Crippen LogP contribution in [-0.4, -0.2) is 28.2 Å². The van der Waals surface area contributed by atoms with Crippen molar-refractivity contribution in [3.8, 4) is 0 Å². The Bertz CT molecular complexity index is 547. The van der Waals surface area contributed by atoms with Crippen molar-refractivity contribution in [3.05, 3.63) is 33.1 Å². The molecule has 1 aliphatic heterocycles. The average Bonchev–Trinajstić information content (AvgIpc) is 2.75. The van der Waals surface area contributed by atoms with Crippen LogP contribution in [0.3, 0.4) is 0 Å². The van der Waals surface area contributed by atoms with Gasteiger partial charge in [-0.25, -0.2) is 4.79 Å². The van der Waals surface area contributed by atoms with Crippen LogP contribution in [0.2, 0.25) is 0 Å². The van der Waals surface area contributed by atoms with Crippen molar-refractivity contribution in [2.45, 2.75) is 32.1 Å². The van der Waals surface area contributed by atoms with E-state index < -0.39 is 17.5 Å². The van der Waals surface area contributed by atoms with Gasteiger partial charge in [0.2, 0.25) is 0 Å². The van der Waals surface area contributed by atoms with Gasteiger partial charge in [-0.1, -0.05) is 0 Å². The van der Waals surface area contributed by atoms with Crippen molar-refractivity contribution in [3.63, 3.8) is 0 Å². The molecule has 2 heterocycles. The highest BCUT2D eigenvalue weighted by molar-refractivity contribution is 5.65. The summed E-state index contributed by atoms with van der Waals surface area (Å²) in [5.41, 5.74) is -0.939.